The van der Waals surface area contributed by atoms with Gasteiger partial charge in [0.2, 0.25) is 5.24 Å². The number of rotatable bonds is 5. The van der Waals surface area contributed by atoms with E-state index >= 15 is 0 Å². The average Bonchev–Trinajstić information content (AvgIpc) is 2.17. The van der Waals surface area contributed by atoms with Gasteiger partial charge in [0.05, 0.1) is 0 Å². The summed E-state index contributed by atoms with van der Waals surface area (Å²) in [6.07, 6.45) is 1.54. The second-order valence-corrected chi connectivity index (χ2v) is 5.44. The molecule has 0 aliphatic heterocycles. The van der Waals surface area contributed by atoms with Gasteiger partial charge in [0.25, 0.3) is 0 Å². The molecule has 0 radical (unpaired) electrons. The molecule has 0 aromatic heterocycles. The summed E-state index contributed by atoms with van der Waals surface area (Å²) in [4.78, 5) is 11.6. The fourth-order valence-corrected chi connectivity index (χ4v) is 2.31. The van der Waals surface area contributed by atoms with Gasteiger partial charge in [-0.3, -0.25) is 4.79 Å². The van der Waals surface area contributed by atoms with Crippen LogP contribution in [0.3, 0.4) is 0 Å². The molecule has 0 spiro atoms. The fraction of sp³-hybridized carbons (Fsp3) is 0.500. The summed E-state index contributed by atoms with van der Waals surface area (Å²) in [7, 11) is 0. The van der Waals surface area contributed by atoms with Gasteiger partial charge in [0.15, 0.2) is 0 Å². The van der Waals surface area contributed by atoms with E-state index in [0.29, 0.717) is 12.3 Å². The molecule has 16 heavy (non-hydrogen) atoms. The van der Waals surface area contributed by atoms with E-state index in [4.69, 9.17) is 11.6 Å². The van der Waals surface area contributed by atoms with Gasteiger partial charge in [-0.2, -0.15) is 0 Å². The monoisotopic (exact) mass is 238 g/mol. The second kappa shape index (κ2) is 5.49. The molecule has 1 aromatic rings. The molecule has 0 aliphatic carbocycles. The van der Waals surface area contributed by atoms with Gasteiger partial charge in [-0.05, 0) is 35.9 Å². The van der Waals surface area contributed by atoms with Crippen molar-refractivity contribution in [2.24, 2.45) is 11.3 Å². The molecule has 1 rings (SSSR count). The molecular formula is C14H19ClO. The van der Waals surface area contributed by atoms with Gasteiger partial charge in [0.1, 0.15) is 0 Å². The summed E-state index contributed by atoms with van der Waals surface area (Å²) in [5.41, 5.74) is 0.719. The first-order chi connectivity index (χ1) is 7.44. The molecule has 0 unspecified atom stereocenters. The molecule has 1 aromatic carbocycles. The summed E-state index contributed by atoms with van der Waals surface area (Å²) in [5, 5.41) is -0.231. The number of benzene rings is 1. The highest BCUT2D eigenvalue weighted by Crippen LogP contribution is 2.32. The summed E-state index contributed by atoms with van der Waals surface area (Å²) in [5.74, 6) is 0.469. The van der Waals surface area contributed by atoms with Crippen LogP contribution in [-0.2, 0) is 11.2 Å². The Morgan fingerprint density at radius 2 is 1.88 bits per heavy atom. The lowest BCUT2D eigenvalue weighted by molar-refractivity contribution is -0.120. The van der Waals surface area contributed by atoms with Crippen molar-refractivity contribution in [1.82, 2.24) is 0 Å². The summed E-state index contributed by atoms with van der Waals surface area (Å²) >= 11 is 5.74. The minimum atomic E-state index is -0.447. The number of halogens is 1. The molecule has 0 amide bonds. The van der Waals surface area contributed by atoms with Crippen LogP contribution in [0, 0.1) is 11.3 Å². The van der Waals surface area contributed by atoms with Crippen molar-refractivity contribution in [2.75, 3.05) is 0 Å². The summed E-state index contributed by atoms with van der Waals surface area (Å²) < 4.78 is 0. The standard InChI is InChI=1S/C14H19ClO/c1-11(2)9-14(3,13(15)16)10-12-7-5-4-6-8-12/h4-8,11H,9-10H2,1-3H3/t14-/m0/s1. The van der Waals surface area contributed by atoms with Crippen LogP contribution >= 0.6 is 11.6 Å². The van der Waals surface area contributed by atoms with Crippen molar-refractivity contribution < 1.29 is 4.79 Å². The Hall–Kier alpha value is -0.820. The van der Waals surface area contributed by atoms with Crippen molar-refractivity contribution in [3.8, 4) is 0 Å². The van der Waals surface area contributed by atoms with Crippen LogP contribution in [0.2, 0.25) is 0 Å². The Bertz CT molecular complexity index is 345. The minimum absolute atomic E-state index is 0.231. The van der Waals surface area contributed by atoms with Crippen LogP contribution in [0.5, 0.6) is 0 Å². The van der Waals surface area contributed by atoms with Gasteiger partial charge < -0.3 is 0 Å². The zero-order chi connectivity index (χ0) is 12.2. The SMILES string of the molecule is CC(C)C[C@@](C)(Cc1ccccc1)C(=O)Cl. The van der Waals surface area contributed by atoms with Gasteiger partial charge >= 0.3 is 0 Å². The number of carbonyl (C=O) groups is 1. The van der Waals surface area contributed by atoms with Crippen molar-refractivity contribution in [3.05, 3.63) is 35.9 Å². The predicted octanol–water partition coefficient (Wildman–Crippen LogP) is 4.05. The molecule has 2 heteroatoms. The van der Waals surface area contributed by atoms with Crippen LogP contribution in [0.1, 0.15) is 32.8 Å². The van der Waals surface area contributed by atoms with E-state index in [1.807, 2.05) is 37.3 Å². The molecule has 1 atom stereocenters. The molecule has 0 saturated heterocycles. The molecule has 0 fully saturated rings. The van der Waals surface area contributed by atoms with E-state index in [1.165, 1.54) is 5.56 Å². The molecule has 0 saturated carbocycles. The highest BCUT2D eigenvalue weighted by atomic mass is 35.5. The fourth-order valence-electron chi connectivity index (χ4n) is 2.17. The zero-order valence-electron chi connectivity index (χ0n) is 10.2. The van der Waals surface area contributed by atoms with Crippen LogP contribution in [0.4, 0.5) is 0 Å². The molecular weight excluding hydrogens is 220 g/mol. The first kappa shape index (κ1) is 13.2. The normalized spacial score (nSPS) is 14.8. The number of carbonyl (C=O) groups excluding carboxylic acids is 1. The van der Waals surface area contributed by atoms with E-state index in [-0.39, 0.29) is 5.24 Å². The van der Waals surface area contributed by atoms with Crippen molar-refractivity contribution in [2.45, 2.75) is 33.6 Å². The Balaban J connectivity index is 2.83. The molecule has 0 aliphatic rings. The third-order valence-electron chi connectivity index (χ3n) is 2.77. The van der Waals surface area contributed by atoms with E-state index in [1.54, 1.807) is 0 Å². The highest BCUT2D eigenvalue weighted by molar-refractivity contribution is 6.64. The van der Waals surface area contributed by atoms with Crippen molar-refractivity contribution in [3.63, 3.8) is 0 Å². The van der Waals surface area contributed by atoms with E-state index < -0.39 is 5.41 Å². The van der Waals surface area contributed by atoms with Crippen LogP contribution in [0.25, 0.3) is 0 Å². The first-order valence-corrected chi connectivity index (χ1v) is 6.06. The van der Waals surface area contributed by atoms with E-state index in [0.717, 1.165) is 6.42 Å². The van der Waals surface area contributed by atoms with Crippen LogP contribution in [0.15, 0.2) is 30.3 Å². The Morgan fingerprint density at radius 1 is 1.31 bits per heavy atom. The molecule has 0 heterocycles. The van der Waals surface area contributed by atoms with Crippen LogP contribution in [-0.4, -0.2) is 5.24 Å². The molecule has 0 N–H and O–H groups in total. The second-order valence-electron chi connectivity index (χ2n) is 5.09. The summed E-state index contributed by atoms with van der Waals surface area (Å²) in [6, 6.07) is 10.0. The average molecular weight is 239 g/mol. The third kappa shape index (κ3) is 3.64. The molecule has 0 bridgehead atoms. The molecule has 88 valence electrons. The van der Waals surface area contributed by atoms with Gasteiger partial charge in [-0.25, -0.2) is 0 Å². The van der Waals surface area contributed by atoms with Crippen molar-refractivity contribution >= 4 is 16.8 Å². The predicted molar refractivity (Wildman–Crippen MR) is 68.6 cm³/mol. The van der Waals surface area contributed by atoms with Gasteiger partial charge in [0, 0.05) is 5.41 Å². The summed E-state index contributed by atoms with van der Waals surface area (Å²) in [6.45, 7) is 6.18. The largest absolute Gasteiger partial charge is 0.281 e. The number of hydrogen-bond donors (Lipinski definition) is 0. The van der Waals surface area contributed by atoms with Crippen molar-refractivity contribution in [1.29, 1.82) is 0 Å². The van der Waals surface area contributed by atoms with Crippen LogP contribution < -0.4 is 0 Å². The molecule has 1 nitrogen and oxygen atoms in total. The number of hydrogen-bond acceptors (Lipinski definition) is 1. The van der Waals surface area contributed by atoms with Gasteiger partial charge in [-0.15, -0.1) is 0 Å². The van der Waals surface area contributed by atoms with E-state index in [2.05, 4.69) is 13.8 Å². The minimum Gasteiger partial charge on any atom is -0.281 e. The van der Waals surface area contributed by atoms with Gasteiger partial charge in [-0.1, -0.05) is 51.1 Å². The Kier molecular flexibility index (Phi) is 4.55. The maximum Gasteiger partial charge on any atom is 0.227 e. The third-order valence-corrected chi connectivity index (χ3v) is 3.23. The zero-order valence-corrected chi connectivity index (χ0v) is 10.9. The topological polar surface area (TPSA) is 17.1 Å². The highest BCUT2D eigenvalue weighted by Gasteiger charge is 2.32. The smallest absolute Gasteiger partial charge is 0.227 e. The lowest BCUT2D eigenvalue weighted by atomic mass is 9.78. The lowest BCUT2D eigenvalue weighted by Crippen LogP contribution is -2.28. The Labute approximate surface area is 103 Å². The van der Waals surface area contributed by atoms with E-state index in [9.17, 15) is 4.79 Å². The first-order valence-electron chi connectivity index (χ1n) is 5.68. The maximum absolute atomic E-state index is 11.6. The lowest BCUT2D eigenvalue weighted by Gasteiger charge is -2.27. The maximum atomic E-state index is 11.6. The Morgan fingerprint density at radius 3 is 2.31 bits per heavy atom. The quantitative estimate of drug-likeness (QED) is 0.708.